The van der Waals surface area contributed by atoms with Crippen molar-refractivity contribution in [3.8, 4) is 0 Å². The Kier molecular flexibility index (Phi) is 4.36. The number of hydrogen-bond acceptors (Lipinski definition) is 3. The van der Waals surface area contributed by atoms with Crippen molar-refractivity contribution in [2.24, 2.45) is 10.5 Å². The molecule has 0 aromatic heterocycles. The summed E-state index contributed by atoms with van der Waals surface area (Å²) in [5, 5.41) is 14.7. The van der Waals surface area contributed by atoms with Crippen LogP contribution in [0.15, 0.2) is 33.8 Å². The van der Waals surface area contributed by atoms with Crippen molar-refractivity contribution in [1.82, 2.24) is 5.01 Å². The van der Waals surface area contributed by atoms with Crippen molar-refractivity contribution in [2.75, 3.05) is 0 Å². The number of hydrazone groups is 1. The number of alkyl halides is 3. The molecule has 1 N–H and O–H groups in total. The lowest BCUT2D eigenvalue weighted by Crippen LogP contribution is -2.55. The van der Waals surface area contributed by atoms with Gasteiger partial charge in [0.25, 0.3) is 5.91 Å². The fraction of sp³-hybridized carbons (Fsp3) is 0.467. The molecule has 4 nitrogen and oxygen atoms in total. The lowest BCUT2D eigenvalue weighted by atomic mass is 9.80. The number of carbonyl (C=O) groups is 1. The van der Waals surface area contributed by atoms with Gasteiger partial charge in [-0.2, -0.15) is 23.3 Å². The molecule has 8 heteroatoms. The highest BCUT2D eigenvalue weighted by molar-refractivity contribution is 9.10. The van der Waals surface area contributed by atoms with Crippen LogP contribution < -0.4 is 0 Å². The standard InChI is InChI=1S/C15H16BrF3N2O2/c1-13(2,3)14(23)8-11(15(17,18)19)20-21(14)12(22)9-4-6-10(16)7-5-9/h4-7,23H,8H2,1-3H3/t14-/m0/s1. The molecule has 1 aliphatic rings. The van der Waals surface area contributed by atoms with Crippen LogP contribution >= 0.6 is 15.9 Å². The van der Waals surface area contributed by atoms with Gasteiger partial charge in [-0.1, -0.05) is 36.7 Å². The molecule has 2 rings (SSSR count). The van der Waals surface area contributed by atoms with Crippen molar-refractivity contribution in [2.45, 2.75) is 39.1 Å². The van der Waals surface area contributed by atoms with E-state index >= 15 is 0 Å². The highest BCUT2D eigenvalue weighted by Gasteiger charge is 2.57. The summed E-state index contributed by atoms with van der Waals surface area (Å²) in [5.74, 6) is -0.783. The monoisotopic (exact) mass is 392 g/mol. The molecule has 1 aromatic carbocycles. The quantitative estimate of drug-likeness (QED) is 0.786. The summed E-state index contributed by atoms with van der Waals surface area (Å²) in [6.07, 6.45) is -5.46. The number of nitrogens with zero attached hydrogens (tertiary/aromatic N) is 2. The van der Waals surface area contributed by atoms with Gasteiger partial charge in [-0.3, -0.25) is 4.79 Å². The van der Waals surface area contributed by atoms with E-state index < -0.39 is 35.4 Å². The van der Waals surface area contributed by atoms with E-state index in [1.165, 1.54) is 12.1 Å². The number of amides is 1. The normalized spacial score (nSPS) is 22.3. The minimum atomic E-state index is -4.70. The van der Waals surface area contributed by atoms with E-state index in [4.69, 9.17) is 0 Å². The van der Waals surface area contributed by atoms with Crippen LogP contribution in [0.5, 0.6) is 0 Å². The smallest absolute Gasteiger partial charge is 0.368 e. The van der Waals surface area contributed by atoms with Crippen molar-refractivity contribution in [3.05, 3.63) is 34.3 Å². The van der Waals surface area contributed by atoms with Crippen molar-refractivity contribution < 1.29 is 23.1 Å². The van der Waals surface area contributed by atoms with Crippen molar-refractivity contribution in [1.29, 1.82) is 0 Å². The lowest BCUT2D eigenvalue weighted by molar-refractivity contribution is -0.144. The Morgan fingerprint density at radius 3 is 2.22 bits per heavy atom. The molecule has 1 aliphatic heterocycles. The van der Waals surface area contributed by atoms with E-state index in [-0.39, 0.29) is 5.56 Å². The molecule has 126 valence electrons. The molecule has 0 radical (unpaired) electrons. The van der Waals surface area contributed by atoms with E-state index in [0.717, 1.165) is 4.47 Å². The molecule has 0 aliphatic carbocycles. The summed E-state index contributed by atoms with van der Waals surface area (Å²) < 4.78 is 39.7. The van der Waals surface area contributed by atoms with Gasteiger partial charge < -0.3 is 5.11 Å². The molecule has 23 heavy (non-hydrogen) atoms. The molecule has 1 amide bonds. The summed E-state index contributed by atoms with van der Waals surface area (Å²) in [7, 11) is 0. The molecular weight excluding hydrogens is 377 g/mol. The summed E-state index contributed by atoms with van der Waals surface area (Å²) >= 11 is 3.22. The third-order valence-corrected chi connectivity index (χ3v) is 4.33. The molecule has 1 atom stereocenters. The molecule has 0 unspecified atom stereocenters. The van der Waals surface area contributed by atoms with E-state index in [9.17, 15) is 23.1 Å². The second-order valence-corrected chi connectivity index (χ2v) is 7.33. The van der Waals surface area contributed by atoms with Gasteiger partial charge in [0.05, 0.1) is 0 Å². The third kappa shape index (κ3) is 3.28. The van der Waals surface area contributed by atoms with Crippen LogP contribution in [0.25, 0.3) is 0 Å². The Morgan fingerprint density at radius 1 is 1.26 bits per heavy atom. The Labute approximate surface area is 140 Å². The first-order chi connectivity index (χ1) is 10.4. The van der Waals surface area contributed by atoms with Crippen LogP contribution in [-0.2, 0) is 0 Å². The number of rotatable bonds is 1. The number of hydrogen-bond donors (Lipinski definition) is 1. The molecule has 0 bridgehead atoms. The zero-order valence-corrected chi connectivity index (χ0v) is 14.4. The van der Waals surface area contributed by atoms with E-state index in [0.29, 0.717) is 5.01 Å². The fourth-order valence-electron chi connectivity index (χ4n) is 2.22. The van der Waals surface area contributed by atoms with Crippen LogP contribution in [0.1, 0.15) is 37.6 Å². The Balaban J connectivity index is 2.48. The molecule has 0 saturated carbocycles. The van der Waals surface area contributed by atoms with Gasteiger partial charge >= 0.3 is 6.18 Å². The Bertz CT molecular complexity index is 650. The number of aliphatic hydroxyl groups is 1. The molecular formula is C15H16BrF3N2O2. The largest absolute Gasteiger partial charge is 0.431 e. The maximum Gasteiger partial charge on any atom is 0.431 e. The van der Waals surface area contributed by atoms with Crippen molar-refractivity contribution in [3.63, 3.8) is 0 Å². The SMILES string of the molecule is CC(C)(C)[C@@]1(O)CC(C(F)(F)F)=NN1C(=O)c1ccc(Br)cc1. The van der Waals surface area contributed by atoms with Gasteiger partial charge in [-0.25, -0.2) is 0 Å². The average Bonchev–Trinajstić information content (AvgIpc) is 2.78. The molecule has 1 heterocycles. The first-order valence-corrected chi connectivity index (χ1v) is 7.63. The van der Waals surface area contributed by atoms with Crippen LogP contribution in [0.4, 0.5) is 13.2 Å². The zero-order valence-electron chi connectivity index (χ0n) is 12.8. The van der Waals surface area contributed by atoms with E-state index in [1.54, 1.807) is 32.9 Å². The fourth-order valence-corrected chi connectivity index (χ4v) is 2.48. The highest BCUT2D eigenvalue weighted by atomic mass is 79.9. The van der Waals surface area contributed by atoms with Gasteiger partial charge in [-0.15, -0.1) is 0 Å². The maximum absolute atomic E-state index is 13.0. The molecule has 1 aromatic rings. The van der Waals surface area contributed by atoms with Gasteiger partial charge in [0.1, 0.15) is 5.71 Å². The topological polar surface area (TPSA) is 52.9 Å². The summed E-state index contributed by atoms with van der Waals surface area (Å²) in [5.41, 5.74) is -4.10. The zero-order chi connectivity index (χ0) is 17.6. The predicted molar refractivity (Wildman–Crippen MR) is 82.8 cm³/mol. The summed E-state index contributed by atoms with van der Waals surface area (Å²) in [4.78, 5) is 12.6. The Morgan fingerprint density at radius 2 is 1.78 bits per heavy atom. The second-order valence-electron chi connectivity index (χ2n) is 6.41. The first-order valence-electron chi connectivity index (χ1n) is 6.83. The van der Waals surface area contributed by atoms with Gasteiger partial charge in [0, 0.05) is 21.9 Å². The number of benzene rings is 1. The maximum atomic E-state index is 13.0. The van der Waals surface area contributed by atoms with Gasteiger partial charge in [0.15, 0.2) is 5.72 Å². The minimum absolute atomic E-state index is 0.142. The third-order valence-electron chi connectivity index (χ3n) is 3.80. The van der Waals surface area contributed by atoms with Gasteiger partial charge in [0.2, 0.25) is 0 Å². The first kappa shape index (κ1) is 17.9. The second kappa shape index (κ2) is 5.59. The van der Waals surface area contributed by atoms with Crippen molar-refractivity contribution >= 4 is 27.5 Å². The number of halogens is 4. The van der Waals surface area contributed by atoms with Gasteiger partial charge in [-0.05, 0) is 24.3 Å². The summed E-state index contributed by atoms with van der Waals surface area (Å²) in [6, 6.07) is 6.09. The van der Waals surface area contributed by atoms with Crippen LogP contribution in [-0.4, -0.2) is 33.6 Å². The Hall–Kier alpha value is -1.41. The van der Waals surface area contributed by atoms with E-state index in [2.05, 4.69) is 21.0 Å². The average molecular weight is 393 g/mol. The van der Waals surface area contributed by atoms with Crippen LogP contribution in [0.3, 0.4) is 0 Å². The predicted octanol–water partition coefficient (Wildman–Crippen LogP) is 3.95. The number of carbonyl (C=O) groups excluding carboxylic acids is 1. The summed E-state index contributed by atoms with van der Waals surface area (Å²) in [6.45, 7) is 4.68. The minimum Gasteiger partial charge on any atom is -0.368 e. The van der Waals surface area contributed by atoms with E-state index in [1.807, 2.05) is 0 Å². The van der Waals surface area contributed by atoms with Crippen LogP contribution in [0.2, 0.25) is 0 Å². The lowest BCUT2D eigenvalue weighted by Gasteiger charge is -2.41. The molecule has 0 fully saturated rings. The molecule has 0 spiro atoms. The highest BCUT2D eigenvalue weighted by Crippen LogP contribution is 2.44. The van der Waals surface area contributed by atoms with Crippen LogP contribution in [0, 0.1) is 5.41 Å². The molecule has 0 saturated heterocycles.